The lowest BCUT2D eigenvalue weighted by Crippen LogP contribution is -2.06. The minimum atomic E-state index is -0.540. The van der Waals surface area contributed by atoms with Crippen molar-refractivity contribution in [2.45, 2.75) is 6.54 Å². The lowest BCUT2D eigenvalue weighted by Gasteiger charge is -2.11. The number of hydrogen-bond acceptors (Lipinski definition) is 7. The van der Waals surface area contributed by atoms with Crippen molar-refractivity contribution in [3.05, 3.63) is 29.8 Å². The maximum Gasteiger partial charge on any atom is 0.360 e. The highest BCUT2D eigenvalue weighted by molar-refractivity contribution is 5.86. The Kier molecular flexibility index (Phi) is 4.14. The fraction of sp³-hybridized carbons (Fsp3) is 0.333. The monoisotopic (exact) mass is 278 g/mol. The maximum absolute atomic E-state index is 11.3. The van der Waals surface area contributed by atoms with Crippen molar-refractivity contribution in [1.82, 2.24) is 20.0 Å². The molecular weight excluding hydrogens is 264 g/mol. The summed E-state index contributed by atoms with van der Waals surface area (Å²) in [6.07, 6.45) is 3.08. The molecule has 0 unspecified atom stereocenters. The van der Waals surface area contributed by atoms with Crippen molar-refractivity contribution >= 4 is 5.97 Å². The number of carbonyl (C=O) groups is 1. The predicted octanol–water partition coefficient (Wildman–Crippen LogP) is 0.525. The SMILES string of the molecule is COC(=O)c1cn(Cc2nccc(OC)c2OC)nn1. The second kappa shape index (κ2) is 6.00. The maximum atomic E-state index is 11.3. The summed E-state index contributed by atoms with van der Waals surface area (Å²) >= 11 is 0. The summed E-state index contributed by atoms with van der Waals surface area (Å²) in [6, 6.07) is 1.70. The van der Waals surface area contributed by atoms with Crippen molar-refractivity contribution in [2.75, 3.05) is 21.3 Å². The Morgan fingerprint density at radius 2 is 2.10 bits per heavy atom. The van der Waals surface area contributed by atoms with Crippen LogP contribution >= 0.6 is 0 Å². The van der Waals surface area contributed by atoms with Crippen LogP contribution in [-0.4, -0.2) is 47.3 Å². The molecule has 0 amide bonds. The van der Waals surface area contributed by atoms with Gasteiger partial charge in [-0.1, -0.05) is 5.21 Å². The lowest BCUT2D eigenvalue weighted by molar-refractivity contribution is 0.0594. The van der Waals surface area contributed by atoms with Crippen LogP contribution in [0.5, 0.6) is 11.5 Å². The molecule has 2 heterocycles. The van der Waals surface area contributed by atoms with Gasteiger partial charge in [0.2, 0.25) is 0 Å². The van der Waals surface area contributed by atoms with Crippen molar-refractivity contribution in [3.63, 3.8) is 0 Å². The Hall–Kier alpha value is -2.64. The van der Waals surface area contributed by atoms with Gasteiger partial charge in [0.05, 0.1) is 34.1 Å². The van der Waals surface area contributed by atoms with Crippen molar-refractivity contribution < 1.29 is 19.0 Å². The van der Waals surface area contributed by atoms with Crippen LogP contribution in [0.2, 0.25) is 0 Å². The smallest absolute Gasteiger partial charge is 0.360 e. The average molecular weight is 278 g/mol. The van der Waals surface area contributed by atoms with Crippen LogP contribution in [0.15, 0.2) is 18.5 Å². The molecule has 0 aromatic carbocycles. The fourth-order valence-corrected chi connectivity index (χ4v) is 1.69. The first-order valence-corrected chi connectivity index (χ1v) is 5.74. The topological polar surface area (TPSA) is 88.4 Å². The van der Waals surface area contributed by atoms with E-state index >= 15 is 0 Å². The van der Waals surface area contributed by atoms with Crippen LogP contribution in [-0.2, 0) is 11.3 Å². The van der Waals surface area contributed by atoms with Gasteiger partial charge in [-0.15, -0.1) is 5.10 Å². The average Bonchev–Trinajstić information content (AvgIpc) is 2.94. The van der Waals surface area contributed by atoms with E-state index in [1.165, 1.54) is 25.1 Å². The van der Waals surface area contributed by atoms with Crippen LogP contribution in [0.1, 0.15) is 16.2 Å². The van der Waals surface area contributed by atoms with E-state index in [4.69, 9.17) is 9.47 Å². The van der Waals surface area contributed by atoms with E-state index in [-0.39, 0.29) is 5.69 Å². The first-order valence-electron chi connectivity index (χ1n) is 5.74. The zero-order chi connectivity index (χ0) is 14.5. The molecule has 0 saturated carbocycles. The number of pyridine rings is 1. The molecule has 106 valence electrons. The Morgan fingerprint density at radius 1 is 1.30 bits per heavy atom. The van der Waals surface area contributed by atoms with Gasteiger partial charge in [0.15, 0.2) is 17.2 Å². The first-order chi connectivity index (χ1) is 9.69. The zero-order valence-electron chi connectivity index (χ0n) is 11.4. The first kappa shape index (κ1) is 13.8. The highest BCUT2D eigenvalue weighted by Crippen LogP contribution is 2.29. The highest BCUT2D eigenvalue weighted by Gasteiger charge is 2.14. The minimum absolute atomic E-state index is 0.134. The molecule has 0 bridgehead atoms. The van der Waals surface area contributed by atoms with Crippen LogP contribution in [0.3, 0.4) is 0 Å². The molecule has 0 N–H and O–H groups in total. The number of ether oxygens (including phenoxy) is 3. The number of carbonyl (C=O) groups excluding carboxylic acids is 1. The van der Waals surface area contributed by atoms with Gasteiger partial charge in [0.1, 0.15) is 5.69 Å². The Morgan fingerprint density at radius 3 is 2.75 bits per heavy atom. The molecule has 0 fully saturated rings. The number of nitrogens with zero attached hydrogens (tertiary/aromatic N) is 4. The second-order valence-corrected chi connectivity index (χ2v) is 3.79. The third kappa shape index (κ3) is 2.68. The molecule has 8 nitrogen and oxygen atoms in total. The third-order valence-electron chi connectivity index (χ3n) is 2.61. The molecule has 8 heteroatoms. The molecule has 0 radical (unpaired) electrons. The van der Waals surface area contributed by atoms with Gasteiger partial charge in [0.25, 0.3) is 0 Å². The number of hydrogen-bond donors (Lipinski definition) is 0. The fourth-order valence-electron chi connectivity index (χ4n) is 1.69. The molecule has 0 aliphatic heterocycles. The van der Waals surface area contributed by atoms with E-state index in [9.17, 15) is 4.79 Å². The summed E-state index contributed by atoms with van der Waals surface area (Å²) in [5.74, 6) is 0.553. The second-order valence-electron chi connectivity index (χ2n) is 3.79. The number of esters is 1. The number of aromatic nitrogens is 4. The lowest BCUT2D eigenvalue weighted by atomic mass is 10.3. The predicted molar refractivity (Wildman–Crippen MR) is 67.8 cm³/mol. The van der Waals surface area contributed by atoms with Crippen molar-refractivity contribution in [2.24, 2.45) is 0 Å². The highest BCUT2D eigenvalue weighted by atomic mass is 16.5. The number of methoxy groups -OCH3 is 3. The molecular formula is C12H14N4O4. The van der Waals surface area contributed by atoms with Gasteiger partial charge in [-0.3, -0.25) is 4.98 Å². The van der Waals surface area contributed by atoms with E-state index in [0.29, 0.717) is 23.7 Å². The zero-order valence-corrected chi connectivity index (χ0v) is 11.4. The third-order valence-corrected chi connectivity index (χ3v) is 2.61. The van der Waals surface area contributed by atoms with E-state index in [1.54, 1.807) is 19.4 Å². The Labute approximate surface area is 115 Å². The van der Waals surface area contributed by atoms with E-state index in [1.807, 2.05) is 0 Å². The summed E-state index contributed by atoms with van der Waals surface area (Å²) < 4.78 is 16.5. The Bertz CT molecular complexity index is 611. The normalized spacial score (nSPS) is 10.2. The molecule has 2 aromatic heterocycles. The van der Waals surface area contributed by atoms with Gasteiger partial charge in [-0.05, 0) is 0 Å². The van der Waals surface area contributed by atoms with Crippen LogP contribution in [0.25, 0.3) is 0 Å². The van der Waals surface area contributed by atoms with Gasteiger partial charge < -0.3 is 14.2 Å². The molecule has 0 aliphatic rings. The molecule has 2 aromatic rings. The van der Waals surface area contributed by atoms with E-state index in [0.717, 1.165) is 0 Å². The minimum Gasteiger partial charge on any atom is -0.493 e. The molecule has 0 spiro atoms. The quantitative estimate of drug-likeness (QED) is 0.737. The molecule has 0 aliphatic carbocycles. The van der Waals surface area contributed by atoms with Crippen molar-refractivity contribution in [3.8, 4) is 11.5 Å². The molecule has 0 atom stereocenters. The van der Waals surface area contributed by atoms with E-state index < -0.39 is 5.97 Å². The Balaban J connectivity index is 2.26. The van der Waals surface area contributed by atoms with Gasteiger partial charge in [-0.2, -0.15) is 0 Å². The largest absolute Gasteiger partial charge is 0.493 e. The van der Waals surface area contributed by atoms with Gasteiger partial charge >= 0.3 is 5.97 Å². The molecule has 20 heavy (non-hydrogen) atoms. The summed E-state index contributed by atoms with van der Waals surface area (Å²) in [7, 11) is 4.37. The summed E-state index contributed by atoms with van der Waals surface area (Å²) in [5.41, 5.74) is 0.752. The van der Waals surface area contributed by atoms with Gasteiger partial charge in [-0.25, -0.2) is 9.48 Å². The van der Waals surface area contributed by atoms with Crippen LogP contribution in [0, 0.1) is 0 Å². The summed E-state index contributed by atoms with van der Waals surface area (Å²) in [6.45, 7) is 0.296. The van der Waals surface area contributed by atoms with Crippen molar-refractivity contribution in [1.29, 1.82) is 0 Å². The summed E-state index contributed by atoms with van der Waals surface area (Å²) in [4.78, 5) is 15.5. The van der Waals surface area contributed by atoms with Gasteiger partial charge in [0, 0.05) is 12.3 Å². The van der Waals surface area contributed by atoms with Crippen LogP contribution in [0.4, 0.5) is 0 Å². The summed E-state index contributed by atoms with van der Waals surface area (Å²) in [5, 5.41) is 7.56. The van der Waals surface area contributed by atoms with E-state index in [2.05, 4.69) is 20.0 Å². The van der Waals surface area contributed by atoms with Crippen LogP contribution < -0.4 is 9.47 Å². The standard InChI is InChI=1S/C12H14N4O4/c1-18-10-4-5-13-8(11(10)19-2)6-16-7-9(14-15-16)12(17)20-3/h4-5,7H,6H2,1-3H3. The molecule has 2 rings (SSSR count). The number of rotatable bonds is 5. The molecule has 0 saturated heterocycles.